The Morgan fingerprint density at radius 1 is 1.26 bits per heavy atom. The van der Waals surface area contributed by atoms with Gasteiger partial charge in [0.15, 0.2) is 0 Å². The monoisotopic (exact) mass is 262 g/mol. The lowest BCUT2D eigenvalue weighted by molar-refractivity contribution is -0.385. The highest BCUT2D eigenvalue weighted by Crippen LogP contribution is 2.31. The summed E-state index contributed by atoms with van der Waals surface area (Å²) in [7, 11) is 0. The van der Waals surface area contributed by atoms with Gasteiger partial charge >= 0.3 is 0 Å². The molecule has 0 aliphatic heterocycles. The molecule has 4 nitrogen and oxygen atoms in total. The zero-order valence-electron chi connectivity index (χ0n) is 11.5. The average Bonchev–Trinajstić information content (AvgIpc) is 2.56. The van der Waals surface area contributed by atoms with Gasteiger partial charge in [-0.1, -0.05) is 37.8 Å². The SMILES string of the molecule is Cc1c(CC2(N)CCCCCC2)cccc1[N+](=O)[O-]. The Balaban J connectivity index is 2.22. The molecule has 0 atom stereocenters. The Hall–Kier alpha value is -1.42. The van der Waals surface area contributed by atoms with Gasteiger partial charge in [0.1, 0.15) is 0 Å². The maximum atomic E-state index is 11.0. The van der Waals surface area contributed by atoms with E-state index in [0.717, 1.165) is 30.4 Å². The van der Waals surface area contributed by atoms with Crippen molar-refractivity contribution in [2.45, 2.75) is 57.4 Å². The summed E-state index contributed by atoms with van der Waals surface area (Å²) in [5, 5.41) is 11.0. The van der Waals surface area contributed by atoms with Crippen molar-refractivity contribution >= 4 is 5.69 Å². The van der Waals surface area contributed by atoms with E-state index in [9.17, 15) is 10.1 Å². The summed E-state index contributed by atoms with van der Waals surface area (Å²) in [5.41, 5.74) is 8.33. The number of nitro benzene ring substituents is 1. The Kier molecular flexibility index (Phi) is 4.20. The van der Waals surface area contributed by atoms with Crippen molar-refractivity contribution in [1.82, 2.24) is 0 Å². The second kappa shape index (κ2) is 5.70. The van der Waals surface area contributed by atoms with Crippen molar-refractivity contribution in [3.05, 3.63) is 39.4 Å². The van der Waals surface area contributed by atoms with Gasteiger partial charge in [-0.15, -0.1) is 0 Å². The summed E-state index contributed by atoms with van der Waals surface area (Å²) >= 11 is 0. The lowest BCUT2D eigenvalue weighted by Gasteiger charge is -2.28. The third-order valence-electron chi connectivity index (χ3n) is 4.26. The van der Waals surface area contributed by atoms with Gasteiger partial charge in [0.2, 0.25) is 0 Å². The van der Waals surface area contributed by atoms with Crippen LogP contribution in [0, 0.1) is 17.0 Å². The highest BCUT2D eigenvalue weighted by atomic mass is 16.6. The quantitative estimate of drug-likeness (QED) is 0.515. The van der Waals surface area contributed by atoms with Gasteiger partial charge in [0, 0.05) is 17.2 Å². The number of hydrogen-bond donors (Lipinski definition) is 1. The van der Waals surface area contributed by atoms with E-state index < -0.39 is 0 Å². The molecular formula is C15H22N2O2. The van der Waals surface area contributed by atoms with Crippen LogP contribution in [-0.4, -0.2) is 10.5 Å². The standard InChI is InChI=1S/C15H22N2O2/c1-12-13(7-6-8-14(12)17(18)19)11-15(16)9-4-2-3-5-10-15/h6-8H,2-5,9-11,16H2,1H3. The van der Waals surface area contributed by atoms with E-state index in [-0.39, 0.29) is 16.1 Å². The van der Waals surface area contributed by atoms with E-state index in [2.05, 4.69) is 0 Å². The van der Waals surface area contributed by atoms with Gasteiger partial charge in [0.05, 0.1) is 4.92 Å². The maximum absolute atomic E-state index is 11.0. The molecule has 0 radical (unpaired) electrons. The van der Waals surface area contributed by atoms with Gasteiger partial charge < -0.3 is 5.73 Å². The van der Waals surface area contributed by atoms with Crippen molar-refractivity contribution in [3.8, 4) is 0 Å². The minimum absolute atomic E-state index is 0.184. The van der Waals surface area contributed by atoms with Gasteiger partial charge in [-0.25, -0.2) is 0 Å². The molecule has 1 fully saturated rings. The van der Waals surface area contributed by atoms with Crippen LogP contribution < -0.4 is 5.73 Å². The largest absolute Gasteiger partial charge is 0.325 e. The molecule has 4 heteroatoms. The molecule has 0 amide bonds. The smallest absolute Gasteiger partial charge is 0.272 e. The second-order valence-corrected chi connectivity index (χ2v) is 5.77. The fraction of sp³-hybridized carbons (Fsp3) is 0.600. The molecule has 19 heavy (non-hydrogen) atoms. The van der Waals surface area contributed by atoms with Gasteiger partial charge in [-0.3, -0.25) is 10.1 Å². The fourth-order valence-electron chi connectivity index (χ4n) is 3.05. The zero-order valence-corrected chi connectivity index (χ0v) is 11.5. The lowest BCUT2D eigenvalue weighted by Crippen LogP contribution is -2.41. The number of hydrogen-bond acceptors (Lipinski definition) is 3. The Labute approximate surface area is 114 Å². The third kappa shape index (κ3) is 3.32. The molecule has 0 unspecified atom stereocenters. The van der Waals surface area contributed by atoms with Crippen LogP contribution in [0.3, 0.4) is 0 Å². The molecule has 0 bridgehead atoms. The lowest BCUT2D eigenvalue weighted by atomic mass is 9.83. The first-order valence-corrected chi connectivity index (χ1v) is 7.04. The number of rotatable bonds is 3. The number of benzene rings is 1. The van der Waals surface area contributed by atoms with Crippen LogP contribution in [0.4, 0.5) is 5.69 Å². The van der Waals surface area contributed by atoms with Crippen LogP contribution in [0.5, 0.6) is 0 Å². The molecule has 1 saturated carbocycles. The molecule has 104 valence electrons. The van der Waals surface area contributed by atoms with E-state index in [1.807, 2.05) is 13.0 Å². The van der Waals surface area contributed by atoms with E-state index in [0.29, 0.717) is 0 Å². The van der Waals surface area contributed by atoms with Crippen LogP contribution in [-0.2, 0) is 6.42 Å². The maximum Gasteiger partial charge on any atom is 0.272 e. The molecule has 1 aliphatic rings. The van der Waals surface area contributed by atoms with E-state index in [1.54, 1.807) is 12.1 Å². The fourth-order valence-corrected chi connectivity index (χ4v) is 3.05. The second-order valence-electron chi connectivity index (χ2n) is 5.77. The van der Waals surface area contributed by atoms with E-state index in [4.69, 9.17) is 5.73 Å². The first-order valence-electron chi connectivity index (χ1n) is 7.04. The Morgan fingerprint density at radius 3 is 2.47 bits per heavy atom. The van der Waals surface area contributed by atoms with Crippen molar-refractivity contribution in [2.75, 3.05) is 0 Å². The predicted octanol–water partition coefficient (Wildman–Crippen LogP) is 3.50. The molecule has 0 spiro atoms. The molecule has 2 N–H and O–H groups in total. The van der Waals surface area contributed by atoms with Crippen LogP contribution in [0.2, 0.25) is 0 Å². The highest BCUT2D eigenvalue weighted by Gasteiger charge is 2.28. The van der Waals surface area contributed by atoms with Crippen LogP contribution in [0.1, 0.15) is 49.7 Å². The predicted molar refractivity (Wildman–Crippen MR) is 76.2 cm³/mol. The topological polar surface area (TPSA) is 69.2 Å². The van der Waals surface area contributed by atoms with Crippen molar-refractivity contribution in [1.29, 1.82) is 0 Å². The molecule has 0 saturated heterocycles. The number of nitrogens with two attached hydrogens (primary N) is 1. The molecule has 0 heterocycles. The zero-order chi connectivity index (χ0) is 13.9. The Morgan fingerprint density at radius 2 is 1.89 bits per heavy atom. The minimum Gasteiger partial charge on any atom is -0.325 e. The number of nitro groups is 1. The van der Waals surface area contributed by atoms with Gasteiger partial charge in [0.25, 0.3) is 5.69 Å². The van der Waals surface area contributed by atoms with Crippen molar-refractivity contribution < 1.29 is 4.92 Å². The van der Waals surface area contributed by atoms with E-state index >= 15 is 0 Å². The third-order valence-corrected chi connectivity index (χ3v) is 4.26. The summed E-state index contributed by atoms with van der Waals surface area (Å²) in [6, 6.07) is 5.30. The molecule has 0 aromatic heterocycles. The molecule has 1 aliphatic carbocycles. The summed E-state index contributed by atoms with van der Waals surface area (Å²) in [6.45, 7) is 1.83. The molecule has 1 aromatic rings. The Bertz CT molecular complexity index is 463. The van der Waals surface area contributed by atoms with Crippen molar-refractivity contribution in [3.63, 3.8) is 0 Å². The highest BCUT2D eigenvalue weighted by molar-refractivity contribution is 5.45. The first-order chi connectivity index (χ1) is 9.02. The molecule has 1 aromatic carbocycles. The summed E-state index contributed by atoms with van der Waals surface area (Å²) in [4.78, 5) is 10.7. The van der Waals surface area contributed by atoms with Gasteiger partial charge in [-0.2, -0.15) is 0 Å². The molecular weight excluding hydrogens is 240 g/mol. The van der Waals surface area contributed by atoms with Crippen LogP contribution >= 0.6 is 0 Å². The number of nitrogens with zero attached hydrogens (tertiary/aromatic N) is 1. The first kappa shape index (κ1) is 14.0. The summed E-state index contributed by atoms with van der Waals surface area (Å²) < 4.78 is 0. The van der Waals surface area contributed by atoms with Gasteiger partial charge in [-0.05, 0) is 31.7 Å². The summed E-state index contributed by atoms with van der Waals surface area (Å²) in [6.07, 6.45) is 7.65. The minimum atomic E-state index is -0.310. The molecule has 2 rings (SSSR count). The van der Waals surface area contributed by atoms with E-state index in [1.165, 1.54) is 25.7 Å². The summed E-state index contributed by atoms with van der Waals surface area (Å²) in [5.74, 6) is 0. The normalized spacial score (nSPS) is 18.8. The average molecular weight is 262 g/mol. The van der Waals surface area contributed by atoms with Crippen molar-refractivity contribution in [2.24, 2.45) is 5.73 Å². The van der Waals surface area contributed by atoms with Crippen LogP contribution in [0.25, 0.3) is 0 Å². The van der Waals surface area contributed by atoms with Crippen LogP contribution in [0.15, 0.2) is 18.2 Å².